The number of hydrogen-bond donors (Lipinski definition) is 3. The van der Waals surface area contributed by atoms with Crippen LogP contribution in [0.25, 0.3) is 0 Å². The summed E-state index contributed by atoms with van der Waals surface area (Å²) in [6.07, 6.45) is 1.74. The molecule has 1 aliphatic heterocycles. The molecule has 1 fully saturated rings. The minimum absolute atomic E-state index is 0.0609. The Kier molecular flexibility index (Phi) is 5.75. The number of phenols is 1. The molecule has 6 nitrogen and oxygen atoms in total. The van der Waals surface area contributed by atoms with Crippen LogP contribution in [-0.2, 0) is 16.6 Å². The van der Waals surface area contributed by atoms with E-state index in [0.717, 1.165) is 18.4 Å². The van der Waals surface area contributed by atoms with Crippen molar-refractivity contribution in [2.75, 3.05) is 18.4 Å². The second kappa shape index (κ2) is 8.03. The molecule has 0 aliphatic carbocycles. The van der Waals surface area contributed by atoms with Crippen molar-refractivity contribution in [1.29, 1.82) is 0 Å². The highest BCUT2D eigenvalue weighted by Crippen LogP contribution is 2.29. The first-order chi connectivity index (χ1) is 12.5. The number of nitrogens with one attached hydrogen (secondary N) is 2. The van der Waals surface area contributed by atoms with Crippen molar-refractivity contribution < 1.29 is 13.5 Å². The van der Waals surface area contributed by atoms with Crippen LogP contribution in [0.1, 0.15) is 18.4 Å². The third-order valence-corrected chi connectivity index (χ3v) is 6.36. The van der Waals surface area contributed by atoms with Crippen molar-refractivity contribution in [2.45, 2.75) is 24.3 Å². The van der Waals surface area contributed by atoms with Crippen LogP contribution < -0.4 is 10.6 Å². The molecule has 0 atom stereocenters. The summed E-state index contributed by atoms with van der Waals surface area (Å²) in [4.78, 5) is 0.144. The summed E-state index contributed by atoms with van der Waals surface area (Å²) in [7, 11) is -3.55. The molecule has 0 saturated carbocycles. The summed E-state index contributed by atoms with van der Waals surface area (Å²) >= 11 is 5.25. The molecule has 2 aromatic carbocycles. The topological polar surface area (TPSA) is 81.7 Å². The maximum atomic E-state index is 12.7. The third-order valence-electron chi connectivity index (χ3n) is 4.21. The zero-order valence-electron chi connectivity index (χ0n) is 14.2. The molecule has 0 radical (unpaired) electrons. The molecule has 0 unspecified atom stereocenters. The van der Waals surface area contributed by atoms with Gasteiger partial charge in [0.15, 0.2) is 5.11 Å². The van der Waals surface area contributed by atoms with Crippen LogP contribution >= 0.6 is 12.2 Å². The molecule has 3 N–H and O–H groups in total. The van der Waals surface area contributed by atoms with Gasteiger partial charge >= 0.3 is 0 Å². The molecule has 0 bridgehead atoms. The smallest absolute Gasteiger partial charge is 0.243 e. The minimum atomic E-state index is -3.55. The van der Waals surface area contributed by atoms with Gasteiger partial charge in [0.25, 0.3) is 0 Å². The van der Waals surface area contributed by atoms with Gasteiger partial charge in [-0.3, -0.25) is 0 Å². The van der Waals surface area contributed by atoms with E-state index in [1.807, 2.05) is 30.3 Å². The first-order valence-electron chi connectivity index (χ1n) is 8.39. The van der Waals surface area contributed by atoms with Gasteiger partial charge in [-0.05, 0) is 48.8 Å². The number of hydrogen-bond acceptors (Lipinski definition) is 4. The standard InChI is InChI=1S/C18H21N3O3S2/c22-17-9-8-15(26(23,24)21-10-4-5-11-21)12-16(17)20-18(25)19-13-14-6-2-1-3-7-14/h1-3,6-9,12,22H,4-5,10-11,13H2,(H2,19,20,25). The summed E-state index contributed by atoms with van der Waals surface area (Å²) in [5.41, 5.74) is 1.32. The minimum Gasteiger partial charge on any atom is -0.506 e. The van der Waals surface area contributed by atoms with Crippen LogP contribution in [0.4, 0.5) is 5.69 Å². The molecular formula is C18H21N3O3S2. The van der Waals surface area contributed by atoms with E-state index in [1.165, 1.54) is 22.5 Å². The van der Waals surface area contributed by atoms with E-state index in [1.54, 1.807) is 0 Å². The highest BCUT2D eigenvalue weighted by Gasteiger charge is 2.27. The molecule has 26 heavy (non-hydrogen) atoms. The van der Waals surface area contributed by atoms with E-state index >= 15 is 0 Å². The van der Waals surface area contributed by atoms with Crippen LogP contribution in [-0.4, -0.2) is 36.0 Å². The number of nitrogens with zero attached hydrogens (tertiary/aromatic N) is 1. The lowest BCUT2D eigenvalue weighted by molar-refractivity contribution is 0.473. The van der Waals surface area contributed by atoms with Gasteiger partial charge in [-0.15, -0.1) is 0 Å². The summed E-state index contributed by atoms with van der Waals surface area (Å²) < 4.78 is 26.8. The molecule has 0 amide bonds. The SMILES string of the molecule is O=S(=O)(c1ccc(O)c(NC(=S)NCc2ccccc2)c1)N1CCCC1. The van der Waals surface area contributed by atoms with Gasteiger partial charge in [-0.25, -0.2) is 8.42 Å². The Morgan fingerprint density at radius 1 is 1.12 bits per heavy atom. The van der Waals surface area contributed by atoms with E-state index in [-0.39, 0.29) is 16.3 Å². The van der Waals surface area contributed by atoms with Gasteiger partial charge in [-0.2, -0.15) is 4.31 Å². The molecule has 138 valence electrons. The Morgan fingerprint density at radius 3 is 2.50 bits per heavy atom. The quantitative estimate of drug-likeness (QED) is 0.537. The molecule has 0 aromatic heterocycles. The van der Waals surface area contributed by atoms with E-state index in [4.69, 9.17) is 12.2 Å². The fourth-order valence-corrected chi connectivity index (χ4v) is 4.52. The number of thiocarbonyl (C=S) groups is 1. The predicted molar refractivity (Wildman–Crippen MR) is 106 cm³/mol. The van der Waals surface area contributed by atoms with Crippen LogP contribution in [0.3, 0.4) is 0 Å². The fourth-order valence-electron chi connectivity index (χ4n) is 2.80. The fraction of sp³-hybridized carbons (Fsp3) is 0.278. The van der Waals surface area contributed by atoms with Gasteiger partial charge in [0.1, 0.15) is 5.75 Å². The van der Waals surface area contributed by atoms with Crippen LogP contribution in [0.5, 0.6) is 5.75 Å². The zero-order chi connectivity index (χ0) is 18.6. The number of anilines is 1. The predicted octanol–water partition coefficient (Wildman–Crippen LogP) is 2.66. The van der Waals surface area contributed by atoms with Crippen molar-refractivity contribution in [1.82, 2.24) is 9.62 Å². The Balaban J connectivity index is 1.70. The van der Waals surface area contributed by atoms with Crippen molar-refractivity contribution >= 4 is 33.0 Å². The number of rotatable bonds is 5. The molecule has 1 aliphatic rings. The third kappa shape index (κ3) is 4.32. The highest BCUT2D eigenvalue weighted by molar-refractivity contribution is 7.89. The Labute approximate surface area is 158 Å². The lowest BCUT2D eigenvalue weighted by Gasteiger charge is -2.17. The van der Waals surface area contributed by atoms with Gasteiger partial charge in [-0.1, -0.05) is 30.3 Å². The Bertz CT molecular complexity index is 880. The van der Waals surface area contributed by atoms with E-state index in [9.17, 15) is 13.5 Å². The first-order valence-corrected chi connectivity index (χ1v) is 10.2. The van der Waals surface area contributed by atoms with Crippen molar-refractivity contribution in [3.05, 3.63) is 54.1 Å². The van der Waals surface area contributed by atoms with Gasteiger partial charge in [0, 0.05) is 19.6 Å². The van der Waals surface area contributed by atoms with Crippen LogP contribution in [0, 0.1) is 0 Å². The second-order valence-electron chi connectivity index (χ2n) is 6.08. The van der Waals surface area contributed by atoms with Gasteiger partial charge in [0.2, 0.25) is 10.0 Å². The number of sulfonamides is 1. The van der Waals surface area contributed by atoms with Crippen LogP contribution in [0.2, 0.25) is 0 Å². The van der Waals surface area contributed by atoms with Crippen molar-refractivity contribution in [3.63, 3.8) is 0 Å². The van der Waals surface area contributed by atoms with E-state index < -0.39 is 10.0 Å². The summed E-state index contributed by atoms with van der Waals surface area (Å²) in [6.45, 7) is 1.59. The largest absolute Gasteiger partial charge is 0.506 e. The lowest BCUT2D eigenvalue weighted by Crippen LogP contribution is -2.29. The molecule has 1 heterocycles. The molecular weight excluding hydrogens is 370 g/mol. The Morgan fingerprint density at radius 2 is 1.81 bits per heavy atom. The molecule has 2 aromatic rings. The molecule has 8 heteroatoms. The van der Waals surface area contributed by atoms with Gasteiger partial charge in [0.05, 0.1) is 10.6 Å². The van der Waals surface area contributed by atoms with Crippen molar-refractivity contribution in [3.8, 4) is 5.75 Å². The monoisotopic (exact) mass is 391 g/mol. The maximum absolute atomic E-state index is 12.7. The summed E-state index contributed by atoms with van der Waals surface area (Å²) in [5.74, 6) is -0.0609. The van der Waals surface area contributed by atoms with Crippen molar-refractivity contribution in [2.24, 2.45) is 0 Å². The number of benzene rings is 2. The van der Waals surface area contributed by atoms with E-state index in [0.29, 0.717) is 24.7 Å². The lowest BCUT2D eigenvalue weighted by atomic mass is 10.2. The maximum Gasteiger partial charge on any atom is 0.243 e. The second-order valence-corrected chi connectivity index (χ2v) is 8.43. The average Bonchev–Trinajstić information content (AvgIpc) is 3.18. The number of aromatic hydroxyl groups is 1. The number of phenolic OH excluding ortho intramolecular Hbond substituents is 1. The Hall–Kier alpha value is -2.16. The molecule has 1 saturated heterocycles. The van der Waals surface area contributed by atoms with Crippen LogP contribution in [0.15, 0.2) is 53.4 Å². The van der Waals surface area contributed by atoms with Gasteiger partial charge < -0.3 is 15.7 Å². The average molecular weight is 392 g/mol. The summed E-state index contributed by atoms with van der Waals surface area (Å²) in [6, 6.07) is 13.9. The molecule has 3 rings (SSSR count). The highest BCUT2D eigenvalue weighted by atomic mass is 32.2. The normalized spacial score (nSPS) is 14.9. The van der Waals surface area contributed by atoms with E-state index in [2.05, 4.69) is 10.6 Å². The summed E-state index contributed by atoms with van der Waals surface area (Å²) in [5, 5.41) is 16.3. The first kappa shape index (κ1) is 18.6. The molecule has 0 spiro atoms. The zero-order valence-corrected chi connectivity index (χ0v) is 15.8.